The van der Waals surface area contributed by atoms with Crippen LogP contribution in [0.1, 0.15) is 5.37 Å². The molecule has 16 heavy (non-hydrogen) atoms. The van der Waals surface area contributed by atoms with Crippen molar-refractivity contribution >= 4 is 11.8 Å². The normalized spacial score (nSPS) is 35.6. The maximum absolute atomic E-state index is 11.0. The van der Waals surface area contributed by atoms with Crippen LogP contribution in [0.25, 0.3) is 0 Å². The first-order chi connectivity index (χ1) is 7.70. The van der Waals surface area contributed by atoms with E-state index in [1.54, 1.807) is 10.8 Å². The summed E-state index contributed by atoms with van der Waals surface area (Å²) in [5, 5.41) is 18.6. The highest BCUT2D eigenvalue weighted by atomic mass is 32.2. The van der Waals surface area contributed by atoms with E-state index in [0.717, 1.165) is 0 Å². The number of rotatable bonds is 1. The zero-order valence-electron chi connectivity index (χ0n) is 8.18. The molecule has 0 spiro atoms. The molecule has 1 saturated heterocycles. The predicted octanol–water partition coefficient (Wildman–Crippen LogP) is -1.03. The molecule has 0 saturated carbocycles. The highest BCUT2D eigenvalue weighted by Gasteiger charge is 2.50. The Hall–Kier alpha value is -1.05. The molecule has 7 heteroatoms. The second-order valence-corrected chi connectivity index (χ2v) is 5.14. The first kappa shape index (κ1) is 10.1. The molecule has 0 aromatic carbocycles. The van der Waals surface area contributed by atoms with Gasteiger partial charge in [0.05, 0.1) is 11.9 Å². The van der Waals surface area contributed by atoms with Crippen molar-refractivity contribution in [2.24, 2.45) is 0 Å². The maximum Gasteiger partial charge on any atom is 0.301 e. The van der Waals surface area contributed by atoms with Crippen LogP contribution in [0.2, 0.25) is 0 Å². The molecule has 2 aliphatic rings. The van der Waals surface area contributed by atoms with Gasteiger partial charge in [-0.05, 0) is 0 Å². The van der Waals surface area contributed by atoms with Gasteiger partial charge in [-0.1, -0.05) is 0 Å². The van der Waals surface area contributed by atoms with Crippen molar-refractivity contribution in [3.8, 4) is 6.01 Å². The fraction of sp³-hybridized carbons (Fsp3) is 0.556. The van der Waals surface area contributed by atoms with Gasteiger partial charge in [0, 0.05) is 12.3 Å². The lowest BCUT2D eigenvalue weighted by atomic mass is 10.1. The summed E-state index contributed by atoms with van der Waals surface area (Å²) >= 11 is 1.43. The van der Waals surface area contributed by atoms with Crippen LogP contribution in [0, 0.1) is 0 Å². The average molecular weight is 242 g/mol. The maximum atomic E-state index is 11.0. The van der Waals surface area contributed by atoms with Gasteiger partial charge < -0.3 is 14.9 Å². The van der Waals surface area contributed by atoms with Crippen molar-refractivity contribution < 1.29 is 14.9 Å². The minimum atomic E-state index is -0.739. The molecule has 3 rings (SSSR count). The molecule has 0 bridgehead atoms. The molecular weight excluding hydrogens is 232 g/mol. The Bertz CT molecular complexity index is 477. The SMILES string of the molecule is O=c1ccn2c(n1)O[C@H]1C(O)[C@@H](CO)S[C@@H]12. The van der Waals surface area contributed by atoms with Crippen LogP contribution in [-0.4, -0.2) is 43.8 Å². The van der Waals surface area contributed by atoms with Gasteiger partial charge in [-0.15, -0.1) is 11.8 Å². The van der Waals surface area contributed by atoms with E-state index >= 15 is 0 Å². The lowest BCUT2D eigenvalue weighted by Crippen LogP contribution is -2.34. The standard InChI is InChI=1S/C9H10N2O4S/c12-3-4-6(14)7-8(16-4)11-2-1-5(13)10-9(11)15-7/h1-2,4,6-8,12,14H,3H2/t4-,6?,7+,8+/m1/s1. The van der Waals surface area contributed by atoms with Crippen LogP contribution in [0.15, 0.2) is 17.1 Å². The fourth-order valence-corrected chi connectivity index (χ4v) is 3.44. The van der Waals surface area contributed by atoms with E-state index in [-0.39, 0.29) is 28.8 Å². The zero-order valence-corrected chi connectivity index (χ0v) is 9.00. The Kier molecular flexibility index (Phi) is 2.20. The summed E-state index contributed by atoms with van der Waals surface area (Å²) in [5.41, 5.74) is -0.357. The van der Waals surface area contributed by atoms with E-state index < -0.39 is 12.2 Å². The van der Waals surface area contributed by atoms with Gasteiger partial charge in [-0.25, -0.2) is 0 Å². The molecule has 1 aromatic heterocycles. The molecule has 0 aliphatic carbocycles. The Morgan fingerprint density at radius 3 is 3.19 bits per heavy atom. The highest BCUT2D eigenvalue weighted by molar-refractivity contribution is 8.00. The summed E-state index contributed by atoms with van der Waals surface area (Å²) in [7, 11) is 0. The minimum absolute atomic E-state index is 0.0921. The second kappa shape index (κ2) is 3.47. The topological polar surface area (TPSA) is 84.6 Å². The third-order valence-electron chi connectivity index (χ3n) is 2.81. The van der Waals surface area contributed by atoms with Crippen LogP contribution in [0.3, 0.4) is 0 Å². The van der Waals surface area contributed by atoms with Gasteiger partial charge in [0.1, 0.15) is 11.5 Å². The van der Waals surface area contributed by atoms with E-state index in [1.807, 2.05) is 0 Å². The Balaban J connectivity index is 1.99. The number of aliphatic hydroxyl groups excluding tert-OH is 2. The van der Waals surface area contributed by atoms with Gasteiger partial charge in [0.25, 0.3) is 5.56 Å². The highest BCUT2D eigenvalue weighted by Crippen LogP contribution is 2.47. The molecule has 1 unspecified atom stereocenters. The first-order valence-corrected chi connectivity index (χ1v) is 5.85. The number of hydrogen-bond donors (Lipinski definition) is 2. The molecular formula is C9H10N2O4S. The van der Waals surface area contributed by atoms with E-state index in [9.17, 15) is 9.90 Å². The van der Waals surface area contributed by atoms with Crippen molar-refractivity contribution in [1.82, 2.24) is 9.55 Å². The van der Waals surface area contributed by atoms with Gasteiger partial charge >= 0.3 is 6.01 Å². The molecule has 2 N–H and O–H groups in total. The van der Waals surface area contributed by atoms with E-state index in [4.69, 9.17) is 9.84 Å². The molecule has 6 nitrogen and oxygen atoms in total. The number of ether oxygens (including phenoxy) is 1. The zero-order chi connectivity index (χ0) is 11.3. The summed E-state index contributed by atoms with van der Waals surface area (Å²) < 4.78 is 7.14. The van der Waals surface area contributed by atoms with Crippen molar-refractivity contribution in [2.75, 3.05) is 6.61 Å². The monoisotopic (exact) mass is 242 g/mol. The molecule has 2 aliphatic heterocycles. The smallest absolute Gasteiger partial charge is 0.301 e. The number of nitrogens with zero attached hydrogens (tertiary/aromatic N) is 2. The minimum Gasteiger partial charge on any atom is -0.455 e. The Labute approximate surface area is 94.9 Å². The summed E-state index contributed by atoms with van der Waals surface area (Å²) in [4.78, 5) is 14.8. The van der Waals surface area contributed by atoms with Crippen molar-refractivity contribution in [3.63, 3.8) is 0 Å². The van der Waals surface area contributed by atoms with Crippen molar-refractivity contribution in [2.45, 2.75) is 22.8 Å². The van der Waals surface area contributed by atoms with E-state index in [1.165, 1.54) is 17.8 Å². The summed E-state index contributed by atoms with van der Waals surface area (Å²) in [5.74, 6) is 0. The van der Waals surface area contributed by atoms with Crippen LogP contribution >= 0.6 is 11.8 Å². The van der Waals surface area contributed by atoms with E-state index in [0.29, 0.717) is 0 Å². The van der Waals surface area contributed by atoms with E-state index in [2.05, 4.69) is 4.98 Å². The van der Waals surface area contributed by atoms with Gasteiger partial charge in [0.2, 0.25) is 0 Å². The van der Waals surface area contributed by atoms with Gasteiger partial charge in [-0.2, -0.15) is 4.98 Å². The van der Waals surface area contributed by atoms with Crippen LogP contribution in [0.5, 0.6) is 6.01 Å². The molecule has 4 atom stereocenters. The Morgan fingerprint density at radius 1 is 1.62 bits per heavy atom. The molecule has 86 valence electrons. The fourth-order valence-electron chi connectivity index (χ4n) is 2.02. The number of thioether (sulfide) groups is 1. The number of hydrogen-bond acceptors (Lipinski definition) is 6. The molecule has 0 radical (unpaired) electrons. The average Bonchev–Trinajstić information content (AvgIpc) is 2.75. The van der Waals surface area contributed by atoms with Crippen LogP contribution in [-0.2, 0) is 0 Å². The number of aliphatic hydroxyl groups is 2. The van der Waals surface area contributed by atoms with Crippen LogP contribution in [0.4, 0.5) is 0 Å². The Morgan fingerprint density at radius 2 is 2.44 bits per heavy atom. The predicted molar refractivity (Wildman–Crippen MR) is 56.4 cm³/mol. The molecule has 1 fully saturated rings. The third kappa shape index (κ3) is 1.28. The molecule has 3 heterocycles. The summed E-state index contributed by atoms with van der Waals surface area (Å²) in [6, 6.07) is 1.60. The van der Waals surface area contributed by atoms with Gasteiger partial charge in [0.15, 0.2) is 6.10 Å². The third-order valence-corrected chi connectivity index (χ3v) is 4.36. The summed E-state index contributed by atoms with van der Waals surface area (Å²) in [6.45, 7) is -0.0921. The quantitative estimate of drug-likeness (QED) is 0.655. The number of fused-ring (bicyclic) bond motifs is 3. The molecule has 1 aromatic rings. The second-order valence-electron chi connectivity index (χ2n) is 3.78. The number of aromatic nitrogens is 2. The van der Waals surface area contributed by atoms with Crippen molar-refractivity contribution in [3.05, 3.63) is 22.6 Å². The lowest BCUT2D eigenvalue weighted by Gasteiger charge is -2.14. The molecule has 0 amide bonds. The van der Waals surface area contributed by atoms with Gasteiger partial charge in [-0.3, -0.25) is 9.36 Å². The first-order valence-electron chi connectivity index (χ1n) is 4.91. The largest absolute Gasteiger partial charge is 0.455 e. The van der Waals surface area contributed by atoms with Crippen LogP contribution < -0.4 is 10.3 Å². The lowest BCUT2D eigenvalue weighted by molar-refractivity contribution is 0.0437. The summed E-state index contributed by atoms with van der Waals surface area (Å²) in [6.07, 6.45) is 0.433. The van der Waals surface area contributed by atoms with Crippen molar-refractivity contribution in [1.29, 1.82) is 0 Å².